The predicted molar refractivity (Wildman–Crippen MR) is 121 cm³/mol. The number of carbonyl (C=O) groups is 2. The molecule has 0 spiro atoms. The van der Waals surface area contributed by atoms with Crippen LogP contribution in [0.2, 0.25) is 15.1 Å². The van der Waals surface area contributed by atoms with Gasteiger partial charge in [0.25, 0.3) is 5.91 Å². The summed E-state index contributed by atoms with van der Waals surface area (Å²) in [5, 5.41) is 2.91. The van der Waals surface area contributed by atoms with Crippen LogP contribution in [0.25, 0.3) is 0 Å². The summed E-state index contributed by atoms with van der Waals surface area (Å²) in [6.07, 6.45) is -1.31. The van der Waals surface area contributed by atoms with Crippen LogP contribution >= 0.6 is 34.8 Å². The molecule has 12 heteroatoms. The molecular formula is C20H20Cl3FN2O5S. The van der Waals surface area contributed by atoms with Gasteiger partial charge in [-0.2, -0.15) is 4.72 Å². The first-order chi connectivity index (χ1) is 14.8. The van der Waals surface area contributed by atoms with E-state index in [0.29, 0.717) is 0 Å². The number of amides is 1. The second-order valence-electron chi connectivity index (χ2n) is 7.09. The van der Waals surface area contributed by atoms with Gasteiger partial charge in [-0.15, -0.1) is 0 Å². The third kappa shape index (κ3) is 6.55. The van der Waals surface area contributed by atoms with Crippen molar-refractivity contribution in [1.82, 2.24) is 4.72 Å². The maximum absolute atomic E-state index is 13.9. The molecule has 174 valence electrons. The van der Waals surface area contributed by atoms with Crippen LogP contribution in [-0.4, -0.2) is 32.4 Å². The number of hydrogen-bond acceptors (Lipinski definition) is 5. The number of benzene rings is 2. The van der Waals surface area contributed by atoms with E-state index in [1.807, 2.05) is 0 Å². The van der Waals surface area contributed by atoms with Crippen molar-refractivity contribution in [3.63, 3.8) is 0 Å². The second-order valence-corrected chi connectivity index (χ2v) is 9.99. The van der Waals surface area contributed by atoms with Crippen LogP contribution in [0.5, 0.6) is 0 Å². The van der Waals surface area contributed by atoms with Crippen LogP contribution in [-0.2, 0) is 24.3 Å². The molecule has 32 heavy (non-hydrogen) atoms. The van der Waals surface area contributed by atoms with Crippen molar-refractivity contribution in [3.8, 4) is 0 Å². The van der Waals surface area contributed by atoms with Crippen molar-refractivity contribution >= 4 is 62.4 Å². The molecule has 0 aliphatic heterocycles. The second kappa shape index (κ2) is 10.8. The number of rotatable bonds is 8. The van der Waals surface area contributed by atoms with E-state index in [1.54, 1.807) is 13.8 Å². The lowest BCUT2D eigenvalue weighted by molar-refractivity contribution is -0.155. The molecule has 2 rings (SSSR count). The van der Waals surface area contributed by atoms with Crippen molar-refractivity contribution in [3.05, 3.63) is 57.3 Å². The van der Waals surface area contributed by atoms with Gasteiger partial charge in [0.15, 0.2) is 6.10 Å². The predicted octanol–water partition coefficient (Wildman–Crippen LogP) is 4.66. The lowest BCUT2D eigenvalue weighted by Gasteiger charge is -2.23. The molecule has 0 heterocycles. The first-order valence-electron chi connectivity index (χ1n) is 9.26. The van der Waals surface area contributed by atoms with Crippen LogP contribution in [0.15, 0.2) is 41.3 Å². The molecule has 2 aromatic rings. The highest BCUT2D eigenvalue weighted by Crippen LogP contribution is 2.32. The quantitative estimate of drug-likeness (QED) is 0.386. The number of ether oxygens (including phenoxy) is 1. The topological polar surface area (TPSA) is 102 Å². The fourth-order valence-corrected chi connectivity index (χ4v) is 4.51. The lowest BCUT2D eigenvalue weighted by Crippen LogP contribution is -2.47. The summed E-state index contributed by atoms with van der Waals surface area (Å²) in [6, 6.07) is 6.03. The number of sulfonamides is 1. The lowest BCUT2D eigenvalue weighted by atomic mass is 10.1. The van der Waals surface area contributed by atoms with Crippen LogP contribution in [0.1, 0.15) is 20.8 Å². The summed E-state index contributed by atoms with van der Waals surface area (Å²) in [5.74, 6) is -3.29. The summed E-state index contributed by atoms with van der Waals surface area (Å²) >= 11 is 17.8. The summed E-state index contributed by atoms with van der Waals surface area (Å²) in [4.78, 5) is 24.4. The third-order valence-electron chi connectivity index (χ3n) is 4.26. The Hall–Kier alpha value is -1.91. The van der Waals surface area contributed by atoms with Gasteiger partial charge in [0.05, 0.1) is 20.8 Å². The Balaban J connectivity index is 2.13. The van der Waals surface area contributed by atoms with Gasteiger partial charge in [-0.25, -0.2) is 12.8 Å². The number of anilines is 1. The Kier molecular flexibility index (Phi) is 8.90. The Bertz CT molecular complexity index is 1130. The first-order valence-corrected chi connectivity index (χ1v) is 11.9. The highest BCUT2D eigenvalue weighted by molar-refractivity contribution is 7.89. The maximum atomic E-state index is 13.9. The molecule has 0 radical (unpaired) electrons. The van der Waals surface area contributed by atoms with Crippen LogP contribution in [0, 0.1) is 11.7 Å². The van der Waals surface area contributed by atoms with Crippen molar-refractivity contribution < 1.29 is 27.1 Å². The molecule has 2 N–H and O–H groups in total. The van der Waals surface area contributed by atoms with E-state index in [2.05, 4.69) is 10.0 Å². The van der Waals surface area contributed by atoms with Gasteiger partial charge in [0, 0.05) is 0 Å². The van der Waals surface area contributed by atoms with E-state index in [9.17, 15) is 22.4 Å². The van der Waals surface area contributed by atoms with Crippen molar-refractivity contribution in [1.29, 1.82) is 0 Å². The van der Waals surface area contributed by atoms with Gasteiger partial charge in [0.2, 0.25) is 10.0 Å². The van der Waals surface area contributed by atoms with Crippen molar-refractivity contribution in [2.24, 2.45) is 5.92 Å². The van der Waals surface area contributed by atoms with Gasteiger partial charge in [0.1, 0.15) is 16.8 Å². The molecule has 0 aromatic heterocycles. The minimum atomic E-state index is -4.37. The van der Waals surface area contributed by atoms with Gasteiger partial charge in [-0.3, -0.25) is 9.59 Å². The summed E-state index contributed by atoms with van der Waals surface area (Å²) in [5.41, 5.74) is 0.148. The first kappa shape index (κ1) is 26.3. The zero-order valence-electron chi connectivity index (χ0n) is 17.2. The summed E-state index contributed by atoms with van der Waals surface area (Å²) in [6.45, 7) is 4.42. The molecule has 1 amide bonds. The molecular weight excluding hydrogens is 506 g/mol. The monoisotopic (exact) mass is 524 g/mol. The standard InChI is InChI=1S/C20H20Cl3FN2O5S/c1-10(2)18(26-32(29,30)17-7-5-4-6-15(17)24)20(28)31-11(3)19(27)25-16-9-13(22)12(21)8-14(16)23/h4-11,18,26H,1-3H3,(H,25,27)/t11-,18+/m1/s1. The van der Waals surface area contributed by atoms with E-state index in [-0.39, 0.29) is 20.8 Å². The Morgan fingerprint density at radius 1 is 1.00 bits per heavy atom. The molecule has 0 saturated carbocycles. The molecule has 0 aliphatic rings. The average Bonchev–Trinajstić information content (AvgIpc) is 2.70. The van der Waals surface area contributed by atoms with Gasteiger partial charge >= 0.3 is 5.97 Å². The highest BCUT2D eigenvalue weighted by atomic mass is 35.5. The van der Waals surface area contributed by atoms with E-state index < -0.39 is 50.7 Å². The van der Waals surface area contributed by atoms with Gasteiger partial charge in [-0.1, -0.05) is 60.8 Å². The molecule has 0 aliphatic carbocycles. The zero-order chi connectivity index (χ0) is 24.2. The van der Waals surface area contributed by atoms with Crippen LogP contribution in [0.4, 0.5) is 10.1 Å². The number of halogens is 4. The zero-order valence-corrected chi connectivity index (χ0v) is 20.2. The minimum absolute atomic E-state index is 0.115. The molecule has 0 unspecified atom stereocenters. The van der Waals surface area contributed by atoms with Gasteiger partial charge in [-0.05, 0) is 37.1 Å². The Morgan fingerprint density at radius 2 is 1.59 bits per heavy atom. The van der Waals surface area contributed by atoms with E-state index >= 15 is 0 Å². The largest absolute Gasteiger partial charge is 0.451 e. The summed E-state index contributed by atoms with van der Waals surface area (Å²) in [7, 11) is -4.37. The molecule has 2 aromatic carbocycles. The average molecular weight is 526 g/mol. The minimum Gasteiger partial charge on any atom is -0.451 e. The van der Waals surface area contributed by atoms with E-state index in [1.165, 1.54) is 31.2 Å². The number of hydrogen-bond donors (Lipinski definition) is 2. The van der Waals surface area contributed by atoms with E-state index in [0.717, 1.165) is 12.1 Å². The van der Waals surface area contributed by atoms with Crippen molar-refractivity contribution in [2.75, 3.05) is 5.32 Å². The molecule has 0 saturated heterocycles. The maximum Gasteiger partial charge on any atom is 0.325 e. The number of carbonyl (C=O) groups excluding carboxylic acids is 2. The summed E-state index contributed by atoms with van der Waals surface area (Å²) < 4.78 is 46.3. The van der Waals surface area contributed by atoms with Gasteiger partial charge < -0.3 is 10.1 Å². The molecule has 7 nitrogen and oxygen atoms in total. The van der Waals surface area contributed by atoms with Crippen molar-refractivity contribution in [2.45, 2.75) is 37.8 Å². The SMILES string of the molecule is CC(C)[C@H](NS(=O)(=O)c1ccccc1F)C(=O)O[C@H](C)C(=O)Nc1cc(Cl)c(Cl)cc1Cl. The van der Waals surface area contributed by atoms with Crippen LogP contribution < -0.4 is 10.0 Å². The molecule has 0 bridgehead atoms. The molecule has 2 atom stereocenters. The smallest absolute Gasteiger partial charge is 0.325 e. The van der Waals surface area contributed by atoms with Crippen LogP contribution in [0.3, 0.4) is 0 Å². The highest BCUT2D eigenvalue weighted by Gasteiger charge is 2.33. The third-order valence-corrected chi connectivity index (χ3v) is 6.77. The normalized spacial score (nSPS) is 13.5. The van der Waals surface area contributed by atoms with E-state index in [4.69, 9.17) is 39.5 Å². The fraction of sp³-hybridized carbons (Fsp3) is 0.300. The molecule has 0 fully saturated rings. The number of esters is 1. The Morgan fingerprint density at radius 3 is 2.19 bits per heavy atom. The fourth-order valence-electron chi connectivity index (χ4n) is 2.50. The Labute approximate surface area is 200 Å². The number of nitrogens with one attached hydrogen (secondary N) is 2.